The zero-order valence-electron chi connectivity index (χ0n) is 11.9. The molecule has 1 aliphatic carbocycles. The number of halogens is 1. The van der Waals surface area contributed by atoms with E-state index in [1.165, 1.54) is 40.8 Å². The summed E-state index contributed by atoms with van der Waals surface area (Å²) >= 11 is 5.38. The minimum Gasteiger partial charge on any atom is -0.311 e. The highest BCUT2D eigenvalue weighted by Gasteiger charge is 2.18. The third-order valence-electron chi connectivity index (χ3n) is 3.77. The predicted molar refractivity (Wildman–Crippen MR) is 89.7 cm³/mol. The molecule has 0 aliphatic heterocycles. The van der Waals surface area contributed by atoms with E-state index >= 15 is 0 Å². The molecule has 106 valence electrons. The Morgan fingerprint density at radius 1 is 1.37 bits per heavy atom. The maximum absolute atomic E-state index is 3.59. The van der Waals surface area contributed by atoms with Crippen LogP contribution in [0, 0.1) is 5.92 Å². The molecule has 1 saturated carbocycles. The third-order valence-corrected chi connectivity index (χ3v) is 5.34. The first-order chi connectivity index (χ1) is 9.15. The van der Waals surface area contributed by atoms with E-state index in [2.05, 4.69) is 53.3 Å². The van der Waals surface area contributed by atoms with Crippen LogP contribution < -0.4 is 5.32 Å². The molecule has 3 heteroatoms. The van der Waals surface area contributed by atoms with Crippen molar-refractivity contribution in [2.75, 3.05) is 6.54 Å². The van der Waals surface area contributed by atoms with Gasteiger partial charge in [0, 0.05) is 17.5 Å². The lowest BCUT2D eigenvalue weighted by Crippen LogP contribution is -2.27. The number of rotatable bonds is 5. The Bertz CT molecular complexity index is 416. The van der Waals surface area contributed by atoms with Crippen molar-refractivity contribution in [3.63, 3.8) is 0 Å². The summed E-state index contributed by atoms with van der Waals surface area (Å²) in [5.41, 5.74) is 1.60. The smallest absolute Gasteiger partial charge is 0.0704 e. The van der Waals surface area contributed by atoms with Crippen molar-refractivity contribution in [2.45, 2.75) is 52.0 Å². The molecule has 0 atom stereocenters. The minimum absolute atomic E-state index is 0.557. The molecule has 0 saturated heterocycles. The maximum Gasteiger partial charge on any atom is 0.0704 e. The van der Waals surface area contributed by atoms with Crippen LogP contribution in [0.4, 0.5) is 0 Å². The number of thiophene rings is 1. The van der Waals surface area contributed by atoms with Gasteiger partial charge in [0.2, 0.25) is 0 Å². The van der Waals surface area contributed by atoms with Gasteiger partial charge in [-0.2, -0.15) is 0 Å². The van der Waals surface area contributed by atoms with Gasteiger partial charge in [-0.15, -0.1) is 11.3 Å². The summed E-state index contributed by atoms with van der Waals surface area (Å²) in [6, 6.07) is 4.92. The predicted octanol–water partition coefficient (Wildman–Crippen LogP) is 5.47. The highest BCUT2D eigenvalue weighted by molar-refractivity contribution is 9.11. The van der Waals surface area contributed by atoms with Gasteiger partial charge in [0.05, 0.1) is 3.79 Å². The summed E-state index contributed by atoms with van der Waals surface area (Å²) in [5, 5.41) is 3.59. The fourth-order valence-electron chi connectivity index (χ4n) is 2.70. The Morgan fingerprint density at radius 3 is 2.68 bits per heavy atom. The van der Waals surface area contributed by atoms with Gasteiger partial charge in [-0.25, -0.2) is 0 Å². The van der Waals surface area contributed by atoms with E-state index in [1.54, 1.807) is 5.57 Å². The quantitative estimate of drug-likeness (QED) is 0.748. The molecular formula is C16H24BrNS. The standard InChI is InChI=1S/C16H24BrNS/c1-12(2)18-11-14(13-6-4-3-5-7-13)10-15-8-9-16(17)19-15/h8-10,12-13,18H,3-7,11H2,1-2H3. The van der Waals surface area contributed by atoms with Gasteiger partial charge < -0.3 is 5.32 Å². The molecule has 0 radical (unpaired) electrons. The Morgan fingerprint density at radius 2 is 2.11 bits per heavy atom. The van der Waals surface area contributed by atoms with E-state index in [0.29, 0.717) is 6.04 Å². The van der Waals surface area contributed by atoms with Crippen LogP contribution in [0.1, 0.15) is 50.8 Å². The lowest BCUT2D eigenvalue weighted by Gasteiger charge is -2.25. The van der Waals surface area contributed by atoms with Crippen LogP contribution in [0.5, 0.6) is 0 Å². The number of hydrogen-bond donors (Lipinski definition) is 1. The average molecular weight is 342 g/mol. The number of hydrogen-bond acceptors (Lipinski definition) is 2. The fraction of sp³-hybridized carbons (Fsp3) is 0.625. The molecule has 0 spiro atoms. The second-order valence-corrected chi connectivity index (χ2v) is 8.23. The van der Waals surface area contributed by atoms with Crippen LogP contribution in [-0.4, -0.2) is 12.6 Å². The molecule has 1 aromatic rings. The van der Waals surface area contributed by atoms with E-state index in [-0.39, 0.29) is 0 Å². The number of nitrogens with one attached hydrogen (secondary N) is 1. The monoisotopic (exact) mass is 341 g/mol. The third kappa shape index (κ3) is 5.05. The highest BCUT2D eigenvalue weighted by atomic mass is 79.9. The van der Waals surface area contributed by atoms with E-state index in [0.717, 1.165) is 12.5 Å². The largest absolute Gasteiger partial charge is 0.311 e. The molecule has 1 nitrogen and oxygen atoms in total. The van der Waals surface area contributed by atoms with Crippen LogP contribution in [0.2, 0.25) is 0 Å². The van der Waals surface area contributed by atoms with Crippen molar-refractivity contribution in [3.8, 4) is 0 Å². The van der Waals surface area contributed by atoms with Gasteiger partial charge in [0.1, 0.15) is 0 Å². The lowest BCUT2D eigenvalue weighted by molar-refractivity contribution is 0.394. The molecule has 1 heterocycles. The van der Waals surface area contributed by atoms with Crippen molar-refractivity contribution in [3.05, 3.63) is 26.4 Å². The van der Waals surface area contributed by atoms with Crippen molar-refractivity contribution in [1.29, 1.82) is 0 Å². The molecule has 0 bridgehead atoms. The molecule has 0 amide bonds. The molecule has 1 fully saturated rings. The van der Waals surface area contributed by atoms with Crippen LogP contribution in [0.25, 0.3) is 6.08 Å². The maximum atomic E-state index is 3.59. The normalized spacial score (nSPS) is 18.2. The SMILES string of the molecule is CC(C)NCC(=Cc1ccc(Br)s1)C1CCCCC1. The first-order valence-corrected chi connectivity index (χ1v) is 8.95. The Kier molecular flexibility index (Phi) is 6.11. The zero-order valence-corrected chi connectivity index (χ0v) is 14.3. The summed E-state index contributed by atoms with van der Waals surface area (Å²) in [6.45, 7) is 5.48. The molecule has 1 aliphatic rings. The van der Waals surface area contributed by atoms with Crippen LogP contribution in [-0.2, 0) is 0 Å². The van der Waals surface area contributed by atoms with E-state index in [9.17, 15) is 0 Å². The second kappa shape index (κ2) is 7.61. The molecule has 1 N–H and O–H groups in total. The first kappa shape index (κ1) is 15.3. The summed E-state index contributed by atoms with van der Waals surface area (Å²) in [6.07, 6.45) is 9.39. The van der Waals surface area contributed by atoms with Crippen molar-refractivity contribution in [2.24, 2.45) is 5.92 Å². The van der Waals surface area contributed by atoms with Crippen LogP contribution in [0.3, 0.4) is 0 Å². The zero-order chi connectivity index (χ0) is 13.7. The molecule has 0 aromatic carbocycles. The summed E-state index contributed by atoms with van der Waals surface area (Å²) < 4.78 is 1.22. The summed E-state index contributed by atoms with van der Waals surface area (Å²) in [5.74, 6) is 0.792. The van der Waals surface area contributed by atoms with Gasteiger partial charge in [-0.05, 0) is 52.9 Å². The van der Waals surface area contributed by atoms with Gasteiger partial charge in [-0.3, -0.25) is 0 Å². The molecular weight excluding hydrogens is 318 g/mol. The van der Waals surface area contributed by atoms with Gasteiger partial charge in [0.15, 0.2) is 0 Å². The van der Waals surface area contributed by atoms with E-state index in [1.807, 2.05) is 11.3 Å². The Labute approximate surface area is 129 Å². The minimum atomic E-state index is 0.557. The molecule has 1 aromatic heterocycles. The summed E-state index contributed by atoms with van der Waals surface area (Å²) in [4.78, 5) is 1.37. The van der Waals surface area contributed by atoms with Crippen molar-refractivity contribution < 1.29 is 0 Å². The molecule has 19 heavy (non-hydrogen) atoms. The van der Waals surface area contributed by atoms with E-state index in [4.69, 9.17) is 0 Å². The lowest BCUT2D eigenvalue weighted by atomic mass is 9.83. The second-order valence-electron chi connectivity index (χ2n) is 5.73. The highest BCUT2D eigenvalue weighted by Crippen LogP contribution is 2.32. The molecule has 0 unspecified atom stereocenters. The average Bonchev–Trinajstić information content (AvgIpc) is 2.81. The fourth-order valence-corrected chi connectivity index (χ4v) is 4.10. The molecule has 2 rings (SSSR count). The van der Waals surface area contributed by atoms with Crippen LogP contribution in [0.15, 0.2) is 21.5 Å². The van der Waals surface area contributed by atoms with Gasteiger partial charge in [0.25, 0.3) is 0 Å². The Hall–Kier alpha value is -0.120. The van der Waals surface area contributed by atoms with E-state index < -0.39 is 0 Å². The van der Waals surface area contributed by atoms with Crippen molar-refractivity contribution in [1.82, 2.24) is 5.32 Å². The van der Waals surface area contributed by atoms with Gasteiger partial charge >= 0.3 is 0 Å². The van der Waals surface area contributed by atoms with Crippen LogP contribution >= 0.6 is 27.3 Å². The van der Waals surface area contributed by atoms with Crippen molar-refractivity contribution >= 4 is 33.3 Å². The van der Waals surface area contributed by atoms with Gasteiger partial charge in [-0.1, -0.05) is 38.7 Å². The topological polar surface area (TPSA) is 12.0 Å². The first-order valence-electron chi connectivity index (χ1n) is 7.34. The Balaban J connectivity index is 2.10. The summed E-state index contributed by atoms with van der Waals surface area (Å²) in [7, 11) is 0.